The molecule has 0 amide bonds. The molecular weight excluding hydrogens is 188 g/mol. The Labute approximate surface area is 82.3 Å². The molecule has 2 aliphatic rings. The molecule has 0 bridgehead atoms. The quantitative estimate of drug-likeness (QED) is 0.617. The van der Waals surface area contributed by atoms with Crippen molar-refractivity contribution in [2.45, 2.75) is 25.0 Å². The van der Waals surface area contributed by atoms with Gasteiger partial charge in [0.1, 0.15) is 12.2 Å². The largest absolute Gasteiger partial charge is 0.508 e. The molecule has 0 aromatic rings. The molecule has 2 aliphatic heterocycles. The lowest BCUT2D eigenvalue weighted by molar-refractivity contribution is -0.00591. The summed E-state index contributed by atoms with van der Waals surface area (Å²) in [7, 11) is 0. The summed E-state index contributed by atoms with van der Waals surface area (Å²) < 4.78 is 20.2. The van der Waals surface area contributed by atoms with Gasteiger partial charge in [-0.2, -0.15) is 0 Å². The summed E-state index contributed by atoms with van der Waals surface area (Å²) in [5.74, 6) is 0. The van der Waals surface area contributed by atoms with Crippen LogP contribution in [0.5, 0.6) is 0 Å². The van der Waals surface area contributed by atoms with E-state index in [1.54, 1.807) is 0 Å². The third-order valence-electron chi connectivity index (χ3n) is 2.30. The van der Waals surface area contributed by atoms with E-state index in [1.807, 2.05) is 0 Å². The highest BCUT2D eigenvalue weighted by Crippen LogP contribution is 2.12. The first-order chi connectivity index (χ1) is 6.84. The number of hydrogen-bond donors (Lipinski definition) is 0. The maximum Gasteiger partial charge on any atom is 0.508 e. The van der Waals surface area contributed by atoms with E-state index >= 15 is 0 Å². The molecule has 0 radical (unpaired) electrons. The first kappa shape index (κ1) is 9.73. The SMILES string of the molecule is O=C(OC1CCOC1)OC1CCOC1. The van der Waals surface area contributed by atoms with Crippen LogP contribution in [0.15, 0.2) is 0 Å². The molecule has 2 fully saturated rings. The van der Waals surface area contributed by atoms with E-state index in [2.05, 4.69) is 0 Å². The zero-order valence-corrected chi connectivity index (χ0v) is 7.94. The molecule has 0 aromatic heterocycles. The normalized spacial score (nSPS) is 31.7. The molecule has 2 unspecified atom stereocenters. The van der Waals surface area contributed by atoms with Gasteiger partial charge in [-0.05, 0) is 0 Å². The number of carbonyl (C=O) groups excluding carboxylic acids is 1. The Morgan fingerprint density at radius 2 is 1.50 bits per heavy atom. The molecule has 0 N–H and O–H groups in total. The van der Waals surface area contributed by atoms with E-state index in [1.165, 1.54) is 0 Å². The van der Waals surface area contributed by atoms with Crippen molar-refractivity contribution in [1.82, 2.24) is 0 Å². The molecule has 5 nitrogen and oxygen atoms in total. The number of rotatable bonds is 2. The zero-order valence-electron chi connectivity index (χ0n) is 7.94. The first-order valence-corrected chi connectivity index (χ1v) is 4.87. The highest BCUT2D eigenvalue weighted by atomic mass is 16.7. The highest BCUT2D eigenvalue weighted by molar-refractivity contribution is 5.60. The van der Waals surface area contributed by atoms with Crippen LogP contribution in [0.3, 0.4) is 0 Å². The van der Waals surface area contributed by atoms with Gasteiger partial charge in [-0.15, -0.1) is 0 Å². The van der Waals surface area contributed by atoms with Crippen molar-refractivity contribution >= 4 is 6.16 Å². The van der Waals surface area contributed by atoms with Gasteiger partial charge < -0.3 is 18.9 Å². The average molecular weight is 202 g/mol. The van der Waals surface area contributed by atoms with Crippen molar-refractivity contribution in [2.75, 3.05) is 26.4 Å². The van der Waals surface area contributed by atoms with E-state index in [0.29, 0.717) is 26.4 Å². The van der Waals surface area contributed by atoms with E-state index in [4.69, 9.17) is 18.9 Å². The topological polar surface area (TPSA) is 54.0 Å². The standard InChI is InChI=1S/C9H14O5/c10-9(13-7-1-3-11-5-7)14-8-2-4-12-6-8/h7-8H,1-6H2. The minimum absolute atomic E-state index is 0.134. The summed E-state index contributed by atoms with van der Waals surface area (Å²) in [6, 6.07) is 0. The third-order valence-corrected chi connectivity index (χ3v) is 2.30. The molecular formula is C9H14O5. The minimum Gasteiger partial charge on any atom is -0.428 e. The predicted molar refractivity (Wildman–Crippen MR) is 46.0 cm³/mol. The molecule has 2 rings (SSSR count). The number of hydrogen-bond acceptors (Lipinski definition) is 5. The van der Waals surface area contributed by atoms with Crippen LogP contribution in [0, 0.1) is 0 Å². The Morgan fingerprint density at radius 1 is 1.00 bits per heavy atom. The zero-order chi connectivity index (χ0) is 9.80. The van der Waals surface area contributed by atoms with Crippen molar-refractivity contribution in [3.63, 3.8) is 0 Å². The molecule has 0 aromatic carbocycles. The van der Waals surface area contributed by atoms with Crippen molar-refractivity contribution in [2.24, 2.45) is 0 Å². The van der Waals surface area contributed by atoms with Crippen molar-refractivity contribution in [3.05, 3.63) is 0 Å². The fourth-order valence-corrected chi connectivity index (χ4v) is 1.51. The Kier molecular flexibility index (Phi) is 3.21. The van der Waals surface area contributed by atoms with Gasteiger partial charge in [0.2, 0.25) is 0 Å². The summed E-state index contributed by atoms with van der Waals surface area (Å²) in [5.41, 5.74) is 0. The summed E-state index contributed by atoms with van der Waals surface area (Å²) >= 11 is 0. The van der Waals surface area contributed by atoms with Crippen molar-refractivity contribution in [1.29, 1.82) is 0 Å². The van der Waals surface area contributed by atoms with Gasteiger partial charge in [0, 0.05) is 12.8 Å². The molecule has 2 saturated heterocycles. The smallest absolute Gasteiger partial charge is 0.428 e. The minimum atomic E-state index is -0.601. The maximum atomic E-state index is 11.2. The Morgan fingerprint density at radius 3 is 1.86 bits per heavy atom. The molecule has 0 spiro atoms. The first-order valence-electron chi connectivity index (χ1n) is 4.87. The van der Waals surface area contributed by atoms with Crippen LogP contribution in [-0.2, 0) is 18.9 Å². The number of carbonyl (C=O) groups is 1. The second-order valence-electron chi connectivity index (χ2n) is 3.46. The monoisotopic (exact) mass is 202 g/mol. The number of ether oxygens (including phenoxy) is 4. The third kappa shape index (κ3) is 2.59. The average Bonchev–Trinajstić information content (AvgIpc) is 2.76. The fourth-order valence-electron chi connectivity index (χ4n) is 1.51. The second kappa shape index (κ2) is 4.61. The lowest BCUT2D eigenvalue weighted by Crippen LogP contribution is -2.24. The molecule has 14 heavy (non-hydrogen) atoms. The summed E-state index contributed by atoms with van der Waals surface area (Å²) in [6.45, 7) is 2.28. The van der Waals surface area contributed by atoms with Gasteiger partial charge in [0.05, 0.1) is 26.4 Å². The molecule has 80 valence electrons. The summed E-state index contributed by atoms with van der Waals surface area (Å²) in [5, 5.41) is 0. The van der Waals surface area contributed by atoms with Crippen molar-refractivity contribution in [3.8, 4) is 0 Å². The van der Waals surface area contributed by atoms with E-state index < -0.39 is 6.16 Å². The highest BCUT2D eigenvalue weighted by Gasteiger charge is 2.25. The Balaban J connectivity index is 1.66. The lowest BCUT2D eigenvalue weighted by atomic mass is 10.3. The fraction of sp³-hybridized carbons (Fsp3) is 0.889. The molecule has 2 heterocycles. The van der Waals surface area contributed by atoms with Crippen LogP contribution in [-0.4, -0.2) is 44.8 Å². The molecule has 2 atom stereocenters. The van der Waals surface area contributed by atoms with Gasteiger partial charge in [0.25, 0.3) is 0 Å². The summed E-state index contributed by atoms with van der Waals surface area (Å²) in [6.07, 6.45) is 0.651. The summed E-state index contributed by atoms with van der Waals surface area (Å²) in [4.78, 5) is 11.2. The van der Waals surface area contributed by atoms with E-state index in [-0.39, 0.29) is 12.2 Å². The Bertz CT molecular complexity index is 173. The maximum absolute atomic E-state index is 11.2. The lowest BCUT2D eigenvalue weighted by Gasteiger charge is -2.13. The molecule has 0 saturated carbocycles. The van der Waals surface area contributed by atoms with Gasteiger partial charge >= 0.3 is 6.16 Å². The van der Waals surface area contributed by atoms with Crippen LogP contribution in [0.4, 0.5) is 4.79 Å². The van der Waals surface area contributed by atoms with Crippen molar-refractivity contribution < 1.29 is 23.7 Å². The van der Waals surface area contributed by atoms with Crippen LogP contribution < -0.4 is 0 Å². The van der Waals surface area contributed by atoms with Gasteiger partial charge in [-0.3, -0.25) is 0 Å². The van der Waals surface area contributed by atoms with Crippen LogP contribution in [0.2, 0.25) is 0 Å². The van der Waals surface area contributed by atoms with Crippen LogP contribution in [0.25, 0.3) is 0 Å². The predicted octanol–water partition coefficient (Wildman–Crippen LogP) is 0.717. The second-order valence-corrected chi connectivity index (χ2v) is 3.46. The Hall–Kier alpha value is -0.810. The van der Waals surface area contributed by atoms with Gasteiger partial charge in [-0.1, -0.05) is 0 Å². The van der Waals surface area contributed by atoms with Gasteiger partial charge in [-0.25, -0.2) is 4.79 Å². The molecule has 0 aliphatic carbocycles. The van der Waals surface area contributed by atoms with E-state index in [9.17, 15) is 4.79 Å². The van der Waals surface area contributed by atoms with Gasteiger partial charge in [0.15, 0.2) is 0 Å². The van der Waals surface area contributed by atoms with Crippen LogP contribution >= 0.6 is 0 Å². The van der Waals surface area contributed by atoms with E-state index in [0.717, 1.165) is 12.8 Å². The van der Waals surface area contributed by atoms with Crippen LogP contribution in [0.1, 0.15) is 12.8 Å². The molecule has 5 heteroatoms.